The molecule has 3 nitrogen and oxygen atoms in total. The van der Waals surface area contributed by atoms with Gasteiger partial charge >= 0.3 is 0 Å². The lowest BCUT2D eigenvalue weighted by Gasteiger charge is -2.40. The molecule has 4 heterocycles. The first-order chi connectivity index (χ1) is 8.36. The minimum atomic E-state index is 0.774. The second kappa shape index (κ2) is 3.19. The van der Waals surface area contributed by atoms with E-state index in [2.05, 4.69) is 33.4 Å². The number of H-pyrrole nitrogens is 1. The number of benzene rings is 1. The first-order valence-electron chi connectivity index (χ1n) is 6.45. The third kappa shape index (κ3) is 1.17. The Labute approximate surface area is 101 Å². The highest BCUT2D eigenvalue weighted by molar-refractivity contribution is 5.93. The molecule has 2 aromatic rings. The first-order valence-corrected chi connectivity index (χ1v) is 6.45. The predicted molar refractivity (Wildman–Crippen MR) is 72.0 cm³/mol. The van der Waals surface area contributed by atoms with Crippen LogP contribution in [0.5, 0.6) is 0 Å². The van der Waals surface area contributed by atoms with Crippen molar-refractivity contribution in [1.82, 2.24) is 4.98 Å². The highest BCUT2D eigenvalue weighted by atomic mass is 15.2. The number of anilines is 2. The van der Waals surface area contributed by atoms with Crippen molar-refractivity contribution >= 4 is 22.4 Å². The molecule has 0 radical (unpaired) electrons. The largest absolute Gasteiger partial charge is 0.388 e. The number of aromatic amines is 1. The van der Waals surface area contributed by atoms with E-state index in [0.29, 0.717) is 0 Å². The Morgan fingerprint density at radius 1 is 1.29 bits per heavy atom. The number of nitrogens with one attached hydrogen (secondary N) is 2. The van der Waals surface area contributed by atoms with Gasteiger partial charge in [0.1, 0.15) is 5.82 Å². The first kappa shape index (κ1) is 9.40. The Morgan fingerprint density at radius 3 is 2.88 bits per heavy atom. The summed E-state index contributed by atoms with van der Waals surface area (Å²) in [6.07, 6.45) is 2.65. The van der Waals surface area contributed by atoms with Crippen LogP contribution in [0.3, 0.4) is 0 Å². The van der Waals surface area contributed by atoms with Crippen molar-refractivity contribution in [3.05, 3.63) is 23.8 Å². The lowest BCUT2D eigenvalue weighted by molar-refractivity contribution is 0.475. The van der Waals surface area contributed by atoms with Gasteiger partial charge in [0.15, 0.2) is 0 Å². The number of aromatic nitrogens is 1. The Bertz CT molecular complexity index is 576. The molecule has 5 rings (SSSR count). The number of hydrogen-bond acceptors (Lipinski definition) is 2. The molecule has 1 aromatic carbocycles. The van der Waals surface area contributed by atoms with Crippen LogP contribution in [0.15, 0.2) is 18.2 Å². The molecule has 17 heavy (non-hydrogen) atoms. The van der Waals surface area contributed by atoms with E-state index in [4.69, 9.17) is 0 Å². The van der Waals surface area contributed by atoms with Crippen LogP contribution in [-0.2, 0) is 0 Å². The minimum absolute atomic E-state index is 0.774. The predicted octanol–water partition coefficient (Wildman–Crippen LogP) is 2.91. The summed E-state index contributed by atoms with van der Waals surface area (Å²) in [5, 5.41) is 4.65. The zero-order valence-electron chi connectivity index (χ0n) is 10.1. The van der Waals surface area contributed by atoms with E-state index in [-0.39, 0.29) is 0 Å². The number of rotatable bonds is 1. The second-order valence-corrected chi connectivity index (χ2v) is 5.16. The molecular weight excluding hydrogens is 210 g/mol. The molecular formula is C14H17N3. The maximum atomic E-state index is 3.60. The standard InChI is InChI=1S/C14H17N3/c1-15-10-2-3-12-11(8-10)13-9-4-6-17(7-5-9)14(13)16-12/h2-3,8-9,15-16H,4-7H2,1H3. The number of piperidine rings is 1. The summed E-state index contributed by atoms with van der Waals surface area (Å²) >= 11 is 0. The van der Waals surface area contributed by atoms with Gasteiger partial charge in [0.05, 0.1) is 0 Å². The van der Waals surface area contributed by atoms with Crippen molar-refractivity contribution in [2.24, 2.45) is 0 Å². The highest BCUT2D eigenvalue weighted by Gasteiger charge is 2.33. The molecule has 3 aliphatic heterocycles. The third-order valence-corrected chi connectivity index (χ3v) is 4.33. The van der Waals surface area contributed by atoms with Gasteiger partial charge in [-0.05, 0) is 37.0 Å². The summed E-state index contributed by atoms with van der Waals surface area (Å²) < 4.78 is 0. The van der Waals surface area contributed by atoms with Crippen LogP contribution in [0.4, 0.5) is 11.5 Å². The molecule has 0 amide bonds. The lowest BCUT2D eigenvalue weighted by Crippen LogP contribution is -2.38. The van der Waals surface area contributed by atoms with Gasteiger partial charge in [0.2, 0.25) is 0 Å². The normalized spacial score (nSPS) is 18.8. The molecule has 1 aromatic heterocycles. The van der Waals surface area contributed by atoms with E-state index >= 15 is 0 Å². The minimum Gasteiger partial charge on any atom is -0.388 e. The smallest absolute Gasteiger partial charge is 0.110 e. The van der Waals surface area contributed by atoms with Crippen molar-refractivity contribution in [3.8, 4) is 0 Å². The van der Waals surface area contributed by atoms with E-state index in [1.807, 2.05) is 7.05 Å². The van der Waals surface area contributed by atoms with E-state index in [0.717, 1.165) is 5.92 Å². The average Bonchev–Trinajstić information content (AvgIpc) is 2.80. The number of hydrogen-bond donors (Lipinski definition) is 2. The van der Waals surface area contributed by atoms with Gasteiger partial charge in [-0.15, -0.1) is 0 Å². The van der Waals surface area contributed by atoms with Crippen LogP contribution in [0.25, 0.3) is 10.9 Å². The second-order valence-electron chi connectivity index (χ2n) is 5.16. The maximum Gasteiger partial charge on any atom is 0.110 e. The van der Waals surface area contributed by atoms with Gasteiger partial charge in [-0.1, -0.05) is 0 Å². The van der Waals surface area contributed by atoms with Gasteiger partial charge in [-0.3, -0.25) is 0 Å². The van der Waals surface area contributed by atoms with Crippen molar-refractivity contribution in [2.75, 3.05) is 30.4 Å². The monoisotopic (exact) mass is 227 g/mol. The lowest BCUT2D eigenvalue weighted by atomic mass is 9.84. The SMILES string of the molecule is CNc1ccc2[nH]c3c(c2c1)C1CCN3CC1. The Balaban J connectivity index is 2.01. The van der Waals surface area contributed by atoms with Crippen molar-refractivity contribution in [1.29, 1.82) is 0 Å². The highest BCUT2D eigenvalue weighted by Crippen LogP contribution is 2.46. The zero-order chi connectivity index (χ0) is 11.4. The van der Waals surface area contributed by atoms with Crippen LogP contribution in [0, 0.1) is 0 Å². The number of fused-ring (bicyclic) bond motifs is 3. The molecule has 2 N–H and O–H groups in total. The Kier molecular flexibility index (Phi) is 1.76. The average molecular weight is 227 g/mol. The van der Waals surface area contributed by atoms with Crippen molar-refractivity contribution < 1.29 is 0 Å². The van der Waals surface area contributed by atoms with Crippen LogP contribution >= 0.6 is 0 Å². The summed E-state index contributed by atoms with van der Waals surface area (Å²) in [7, 11) is 1.98. The fraction of sp³-hybridized carbons (Fsp3) is 0.429. The summed E-state index contributed by atoms with van der Waals surface area (Å²) in [4.78, 5) is 6.11. The van der Waals surface area contributed by atoms with Crippen LogP contribution in [0.2, 0.25) is 0 Å². The third-order valence-electron chi connectivity index (χ3n) is 4.33. The Hall–Kier alpha value is -1.64. The van der Waals surface area contributed by atoms with E-state index in [1.54, 1.807) is 5.56 Å². The molecule has 0 saturated carbocycles. The molecule has 0 unspecified atom stereocenters. The fourth-order valence-electron chi connectivity index (χ4n) is 3.41. The molecule has 3 heteroatoms. The molecule has 88 valence electrons. The van der Waals surface area contributed by atoms with Crippen molar-refractivity contribution in [2.45, 2.75) is 18.8 Å². The molecule has 0 spiro atoms. The van der Waals surface area contributed by atoms with Crippen LogP contribution in [-0.4, -0.2) is 25.1 Å². The van der Waals surface area contributed by atoms with Crippen LogP contribution in [0.1, 0.15) is 24.3 Å². The molecule has 3 aliphatic rings. The zero-order valence-corrected chi connectivity index (χ0v) is 10.1. The fourth-order valence-corrected chi connectivity index (χ4v) is 3.41. The molecule has 0 atom stereocenters. The van der Waals surface area contributed by atoms with Gasteiger partial charge in [0, 0.05) is 42.3 Å². The summed E-state index contributed by atoms with van der Waals surface area (Å²) in [5.74, 6) is 2.16. The summed E-state index contributed by atoms with van der Waals surface area (Å²) in [6.45, 7) is 2.45. The Morgan fingerprint density at radius 2 is 2.12 bits per heavy atom. The summed E-state index contributed by atoms with van der Waals surface area (Å²) in [5.41, 5.74) is 4.05. The molecule has 1 fully saturated rings. The van der Waals surface area contributed by atoms with Gasteiger partial charge in [-0.2, -0.15) is 0 Å². The summed E-state index contributed by atoms with van der Waals surface area (Å²) in [6, 6.07) is 6.62. The maximum absolute atomic E-state index is 3.60. The molecule has 2 bridgehead atoms. The topological polar surface area (TPSA) is 31.1 Å². The van der Waals surface area contributed by atoms with E-state index in [1.165, 1.54) is 48.3 Å². The number of nitrogens with zero attached hydrogens (tertiary/aromatic N) is 1. The van der Waals surface area contributed by atoms with Crippen molar-refractivity contribution in [3.63, 3.8) is 0 Å². The van der Waals surface area contributed by atoms with Gasteiger partial charge in [0.25, 0.3) is 0 Å². The van der Waals surface area contributed by atoms with E-state index in [9.17, 15) is 0 Å². The molecule has 0 aliphatic carbocycles. The van der Waals surface area contributed by atoms with E-state index < -0.39 is 0 Å². The quantitative estimate of drug-likeness (QED) is 0.785. The van der Waals surface area contributed by atoms with Gasteiger partial charge < -0.3 is 15.2 Å². The van der Waals surface area contributed by atoms with Gasteiger partial charge in [-0.25, -0.2) is 0 Å². The van der Waals surface area contributed by atoms with Crippen LogP contribution < -0.4 is 10.2 Å². The molecule has 1 saturated heterocycles.